The van der Waals surface area contributed by atoms with E-state index in [0.29, 0.717) is 6.10 Å². The number of allylic oxidation sites excluding steroid dienone is 3. The van der Waals surface area contributed by atoms with Gasteiger partial charge in [-0.2, -0.15) is 0 Å². The van der Waals surface area contributed by atoms with E-state index < -0.39 is 0 Å². The molecule has 60 valence electrons. The van der Waals surface area contributed by atoms with Gasteiger partial charge in [-0.15, -0.1) is 0 Å². The monoisotopic (exact) mass is 150 g/mol. The molecule has 1 fully saturated rings. The molecular weight excluding hydrogens is 136 g/mol. The molecule has 0 radical (unpaired) electrons. The van der Waals surface area contributed by atoms with Crippen molar-refractivity contribution in [1.29, 1.82) is 0 Å². The molecule has 0 N–H and O–H groups in total. The lowest BCUT2D eigenvalue weighted by molar-refractivity contribution is 0.106. The summed E-state index contributed by atoms with van der Waals surface area (Å²) in [6.07, 6.45) is 10.8. The molecule has 2 aliphatic rings. The first-order valence-electron chi connectivity index (χ1n) is 4.28. The van der Waals surface area contributed by atoms with E-state index in [9.17, 15) is 0 Å². The number of ether oxygens (including phenoxy) is 1. The zero-order valence-corrected chi connectivity index (χ0v) is 6.92. The van der Waals surface area contributed by atoms with Crippen molar-refractivity contribution in [3.63, 3.8) is 0 Å². The van der Waals surface area contributed by atoms with E-state index in [1.54, 1.807) is 5.57 Å². The second kappa shape index (κ2) is 2.82. The van der Waals surface area contributed by atoms with Crippen molar-refractivity contribution in [2.45, 2.75) is 25.4 Å². The Morgan fingerprint density at radius 1 is 1.55 bits per heavy atom. The highest BCUT2D eigenvalue weighted by Crippen LogP contribution is 2.37. The van der Waals surface area contributed by atoms with Crippen LogP contribution in [-0.4, -0.2) is 13.2 Å². The minimum absolute atomic E-state index is 0.492. The summed E-state index contributed by atoms with van der Waals surface area (Å²) in [6, 6.07) is 0. The van der Waals surface area contributed by atoms with Gasteiger partial charge in [0, 0.05) is 7.11 Å². The Balaban J connectivity index is 2.09. The Hall–Kier alpha value is -0.560. The molecule has 2 atom stereocenters. The molecular formula is C10H14O. The van der Waals surface area contributed by atoms with Crippen molar-refractivity contribution in [2.75, 3.05) is 7.11 Å². The maximum absolute atomic E-state index is 5.33. The molecule has 0 spiro atoms. The van der Waals surface area contributed by atoms with Crippen molar-refractivity contribution >= 4 is 0 Å². The maximum atomic E-state index is 5.33. The van der Waals surface area contributed by atoms with Crippen molar-refractivity contribution in [3.8, 4) is 0 Å². The normalized spacial score (nSPS) is 35.2. The van der Waals surface area contributed by atoms with Crippen molar-refractivity contribution in [1.82, 2.24) is 0 Å². The largest absolute Gasteiger partial charge is 0.381 e. The third-order valence-corrected chi connectivity index (χ3v) is 2.74. The van der Waals surface area contributed by atoms with Gasteiger partial charge in [0.2, 0.25) is 0 Å². The summed E-state index contributed by atoms with van der Waals surface area (Å²) >= 11 is 0. The van der Waals surface area contributed by atoms with E-state index in [2.05, 4.69) is 18.2 Å². The molecule has 1 heteroatoms. The molecule has 0 aromatic heterocycles. The molecule has 0 heterocycles. The number of rotatable bonds is 1. The highest BCUT2D eigenvalue weighted by Gasteiger charge is 2.28. The smallest absolute Gasteiger partial charge is 0.0614 e. The Kier molecular flexibility index (Phi) is 1.82. The molecule has 2 aliphatic carbocycles. The Morgan fingerprint density at radius 2 is 2.45 bits per heavy atom. The highest BCUT2D eigenvalue weighted by molar-refractivity contribution is 5.24. The summed E-state index contributed by atoms with van der Waals surface area (Å²) in [5.41, 5.74) is 1.60. The van der Waals surface area contributed by atoms with E-state index in [1.807, 2.05) is 7.11 Å². The summed E-state index contributed by atoms with van der Waals surface area (Å²) in [5, 5.41) is 0. The number of hydrogen-bond donors (Lipinski definition) is 0. The van der Waals surface area contributed by atoms with Gasteiger partial charge in [0.1, 0.15) is 0 Å². The molecule has 2 rings (SSSR count). The molecule has 11 heavy (non-hydrogen) atoms. The van der Waals surface area contributed by atoms with Crippen LogP contribution in [0.25, 0.3) is 0 Å². The molecule has 0 aromatic carbocycles. The van der Waals surface area contributed by atoms with Gasteiger partial charge < -0.3 is 4.74 Å². The quantitative estimate of drug-likeness (QED) is 0.557. The van der Waals surface area contributed by atoms with Gasteiger partial charge >= 0.3 is 0 Å². The van der Waals surface area contributed by atoms with Gasteiger partial charge in [0.05, 0.1) is 6.10 Å². The van der Waals surface area contributed by atoms with Crippen molar-refractivity contribution in [3.05, 3.63) is 23.8 Å². The number of fused-ring (bicyclic) bond motifs is 1. The highest BCUT2D eigenvalue weighted by atomic mass is 16.5. The predicted molar refractivity (Wildman–Crippen MR) is 45.4 cm³/mol. The Labute approximate surface area is 67.7 Å². The molecule has 0 bridgehead atoms. The van der Waals surface area contributed by atoms with Gasteiger partial charge in [0.25, 0.3) is 0 Å². The molecule has 2 unspecified atom stereocenters. The minimum atomic E-state index is 0.492. The van der Waals surface area contributed by atoms with Crippen LogP contribution in [0.4, 0.5) is 0 Å². The number of methoxy groups -OCH3 is 1. The summed E-state index contributed by atoms with van der Waals surface area (Å²) in [5.74, 6) is 0.796. The van der Waals surface area contributed by atoms with Crippen LogP contribution in [0.5, 0.6) is 0 Å². The molecule has 1 nitrogen and oxygen atoms in total. The van der Waals surface area contributed by atoms with E-state index in [4.69, 9.17) is 4.74 Å². The van der Waals surface area contributed by atoms with Gasteiger partial charge in [-0.3, -0.25) is 0 Å². The van der Waals surface area contributed by atoms with Crippen LogP contribution in [0.3, 0.4) is 0 Å². The Bertz CT molecular complexity index is 203. The molecule has 0 aliphatic heterocycles. The number of hydrogen-bond acceptors (Lipinski definition) is 1. The van der Waals surface area contributed by atoms with Crippen LogP contribution in [-0.2, 0) is 4.74 Å². The molecule has 0 saturated heterocycles. The lowest BCUT2D eigenvalue weighted by Gasteiger charge is -2.10. The fourth-order valence-corrected chi connectivity index (χ4v) is 2.05. The average Bonchev–Trinajstić information content (AvgIpc) is 2.46. The first-order chi connectivity index (χ1) is 5.40. The zero-order chi connectivity index (χ0) is 7.68. The van der Waals surface area contributed by atoms with Crippen LogP contribution in [0.2, 0.25) is 0 Å². The van der Waals surface area contributed by atoms with E-state index in [1.165, 1.54) is 12.8 Å². The first kappa shape index (κ1) is 7.11. The van der Waals surface area contributed by atoms with Crippen molar-refractivity contribution < 1.29 is 4.74 Å². The maximum Gasteiger partial charge on any atom is 0.0614 e. The predicted octanol–water partition coefficient (Wildman–Crippen LogP) is 2.30. The second-order valence-corrected chi connectivity index (χ2v) is 3.40. The first-order valence-corrected chi connectivity index (χ1v) is 4.28. The minimum Gasteiger partial charge on any atom is -0.381 e. The summed E-state index contributed by atoms with van der Waals surface area (Å²) < 4.78 is 5.33. The SMILES string of the molecule is COC1CC2=CC=CCC2C1. The van der Waals surface area contributed by atoms with Crippen LogP contribution >= 0.6 is 0 Å². The summed E-state index contributed by atoms with van der Waals surface area (Å²) in [6.45, 7) is 0. The molecule has 0 aromatic rings. The standard InChI is InChI=1S/C10H14O/c1-11-10-6-8-4-2-3-5-9(8)7-10/h2-4,9-10H,5-7H2,1H3. The van der Waals surface area contributed by atoms with E-state index in [-0.39, 0.29) is 0 Å². The third-order valence-electron chi connectivity index (χ3n) is 2.74. The van der Waals surface area contributed by atoms with Gasteiger partial charge in [0.15, 0.2) is 0 Å². The summed E-state index contributed by atoms with van der Waals surface area (Å²) in [4.78, 5) is 0. The topological polar surface area (TPSA) is 9.23 Å². The fraction of sp³-hybridized carbons (Fsp3) is 0.600. The van der Waals surface area contributed by atoms with E-state index >= 15 is 0 Å². The van der Waals surface area contributed by atoms with Gasteiger partial charge in [-0.1, -0.05) is 23.8 Å². The molecule has 0 amide bonds. The lowest BCUT2D eigenvalue weighted by atomic mass is 9.95. The molecule has 1 saturated carbocycles. The van der Waals surface area contributed by atoms with Crippen LogP contribution in [0.15, 0.2) is 23.8 Å². The van der Waals surface area contributed by atoms with Gasteiger partial charge in [-0.25, -0.2) is 0 Å². The van der Waals surface area contributed by atoms with Crippen LogP contribution < -0.4 is 0 Å². The lowest BCUT2D eigenvalue weighted by Crippen LogP contribution is -2.04. The summed E-state index contributed by atoms with van der Waals surface area (Å²) in [7, 11) is 1.82. The fourth-order valence-electron chi connectivity index (χ4n) is 2.05. The van der Waals surface area contributed by atoms with Crippen LogP contribution in [0, 0.1) is 5.92 Å². The van der Waals surface area contributed by atoms with Crippen LogP contribution in [0.1, 0.15) is 19.3 Å². The van der Waals surface area contributed by atoms with Gasteiger partial charge in [-0.05, 0) is 25.2 Å². The third kappa shape index (κ3) is 1.25. The zero-order valence-electron chi connectivity index (χ0n) is 6.92. The second-order valence-electron chi connectivity index (χ2n) is 3.40. The van der Waals surface area contributed by atoms with E-state index in [0.717, 1.165) is 12.3 Å². The Morgan fingerprint density at radius 3 is 3.18 bits per heavy atom. The average molecular weight is 150 g/mol. The van der Waals surface area contributed by atoms with Crippen molar-refractivity contribution in [2.24, 2.45) is 5.92 Å².